The van der Waals surface area contributed by atoms with Crippen molar-refractivity contribution in [3.8, 4) is 11.5 Å². The fourth-order valence-electron chi connectivity index (χ4n) is 5.05. The molecule has 4 rings (SSSR count). The van der Waals surface area contributed by atoms with Crippen LogP contribution in [0.25, 0.3) is 0 Å². The molecule has 0 fully saturated rings. The van der Waals surface area contributed by atoms with Crippen LogP contribution in [-0.4, -0.2) is 66.7 Å². The van der Waals surface area contributed by atoms with Crippen molar-refractivity contribution >= 4 is 39.4 Å². The van der Waals surface area contributed by atoms with E-state index in [1.807, 2.05) is 0 Å². The van der Waals surface area contributed by atoms with Gasteiger partial charge in [-0.1, -0.05) is 30.3 Å². The number of benzene rings is 4. The number of carbonyl (C=O) groups is 3. The van der Waals surface area contributed by atoms with E-state index in [0.29, 0.717) is 34.5 Å². The Hall–Kier alpha value is -5.54. The van der Waals surface area contributed by atoms with Gasteiger partial charge in [-0.05, 0) is 78.2 Å². The van der Waals surface area contributed by atoms with Gasteiger partial charge in [-0.15, -0.1) is 0 Å². The Bertz CT molecular complexity index is 1880. The molecule has 0 saturated heterocycles. The highest BCUT2D eigenvalue weighted by Crippen LogP contribution is 2.21. The predicted molar refractivity (Wildman–Crippen MR) is 184 cm³/mol. The van der Waals surface area contributed by atoms with Gasteiger partial charge in [0.2, 0.25) is 11.8 Å². The molecular formula is C35H37F2N5O7S. The highest BCUT2D eigenvalue weighted by Gasteiger charge is 2.31. The third-order valence-electron chi connectivity index (χ3n) is 7.65. The summed E-state index contributed by atoms with van der Waals surface area (Å²) in [6.45, 7) is 0. The molecule has 0 spiro atoms. The molecule has 0 radical (unpaired) electrons. The molecule has 0 heterocycles. The summed E-state index contributed by atoms with van der Waals surface area (Å²) in [7, 11) is 1.11. The van der Waals surface area contributed by atoms with Crippen molar-refractivity contribution in [1.82, 2.24) is 14.8 Å². The predicted octanol–water partition coefficient (Wildman–Crippen LogP) is 3.96. The molecule has 12 nitrogen and oxygen atoms in total. The molecule has 0 aromatic heterocycles. The number of amides is 4. The van der Waals surface area contributed by atoms with Crippen LogP contribution in [-0.2, 0) is 32.6 Å². The summed E-state index contributed by atoms with van der Waals surface area (Å²) in [5.74, 6) is -2.08. The zero-order valence-corrected chi connectivity index (χ0v) is 28.5. The second-order valence-corrected chi connectivity index (χ2v) is 12.6. The molecule has 0 aliphatic heterocycles. The van der Waals surface area contributed by atoms with Gasteiger partial charge in [-0.25, -0.2) is 18.3 Å². The van der Waals surface area contributed by atoms with Gasteiger partial charge >= 0.3 is 16.2 Å². The number of ether oxygens (including phenoxy) is 2. The van der Waals surface area contributed by atoms with E-state index >= 15 is 0 Å². The molecule has 50 heavy (non-hydrogen) atoms. The van der Waals surface area contributed by atoms with E-state index in [0.717, 1.165) is 12.1 Å². The van der Waals surface area contributed by atoms with Gasteiger partial charge in [-0.2, -0.15) is 13.1 Å². The van der Waals surface area contributed by atoms with Gasteiger partial charge in [0, 0.05) is 38.0 Å². The number of halogens is 2. The van der Waals surface area contributed by atoms with E-state index < -0.39 is 58.2 Å². The number of nitrogens with zero attached hydrogens (tertiary/aromatic N) is 2. The number of urea groups is 1. The normalized spacial score (nSPS) is 12.3. The average Bonchev–Trinajstić information content (AvgIpc) is 3.09. The number of rotatable bonds is 14. The van der Waals surface area contributed by atoms with Gasteiger partial charge in [0.1, 0.15) is 35.2 Å². The summed E-state index contributed by atoms with van der Waals surface area (Å²) in [5.41, 5.74) is 1.51. The molecule has 3 N–H and O–H groups in total. The summed E-state index contributed by atoms with van der Waals surface area (Å²) in [6, 6.07) is 20.0. The fraction of sp³-hybridized carbons (Fsp3) is 0.229. The van der Waals surface area contributed by atoms with Crippen LogP contribution in [0.2, 0.25) is 0 Å². The number of hydrogen-bond donors (Lipinski definition) is 3. The Labute approximate surface area is 289 Å². The zero-order chi connectivity index (χ0) is 36.4. The SMILES string of the molecule is COc1ccc(N(C)C(=O)[C@H](Cc2cc(F)cc(F)c2)NC(=O)NS(=O)(=O)N[C@@H](Cc2ccccc2)C(=O)N(C)c2ccc(OC)cc2)cc1. The van der Waals surface area contributed by atoms with Crippen LogP contribution in [0.15, 0.2) is 97.1 Å². The minimum absolute atomic E-state index is 0.0281. The minimum Gasteiger partial charge on any atom is -0.497 e. The third-order valence-corrected chi connectivity index (χ3v) is 8.70. The smallest absolute Gasteiger partial charge is 0.330 e. The topological polar surface area (TPSA) is 146 Å². The van der Waals surface area contributed by atoms with Crippen LogP contribution < -0.4 is 34.0 Å². The van der Waals surface area contributed by atoms with Crippen molar-refractivity contribution in [2.24, 2.45) is 0 Å². The molecule has 0 unspecified atom stereocenters. The summed E-state index contributed by atoms with van der Waals surface area (Å²) < 4.78 is 69.1. The lowest BCUT2D eigenvalue weighted by Gasteiger charge is -2.26. The van der Waals surface area contributed by atoms with Crippen molar-refractivity contribution in [1.29, 1.82) is 0 Å². The molecule has 4 aromatic carbocycles. The maximum Gasteiger partial charge on any atom is 0.330 e. The number of anilines is 2. The Morgan fingerprint density at radius 2 is 1.14 bits per heavy atom. The molecule has 0 aliphatic rings. The van der Waals surface area contributed by atoms with E-state index in [9.17, 15) is 31.6 Å². The number of hydrogen-bond acceptors (Lipinski definition) is 7. The average molecular weight is 710 g/mol. The second kappa shape index (κ2) is 16.7. The number of methoxy groups -OCH3 is 2. The summed E-state index contributed by atoms with van der Waals surface area (Å²) in [4.78, 5) is 42.9. The summed E-state index contributed by atoms with van der Waals surface area (Å²) in [6.07, 6.45) is -0.460. The van der Waals surface area contributed by atoms with Gasteiger partial charge in [0.05, 0.1) is 14.2 Å². The quantitative estimate of drug-likeness (QED) is 0.180. The Balaban J connectivity index is 1.55. The molecule has 4 aromatic rings. The molecule has 15 heteroatoms. The second-order valence-electron chi connectivity index (χ2n) is 11.2. The van der Waals surface area contributed by atoms with Crippen LogP contribution in [0.4, 0.5) is 25.0 Å². The number of nitrogens with one attached hydrogen (secondary N) is 3. The molecule has 0 aliphatic carbocycles. The van der Waals surface area contributed by atoms with Gasteiger partial charge in [-0.3, -0.25) is 9.59 Å². The lowest BCUT2D eigenvalue weighted by atomic mass is 10.0. The van der Waals surface area contributed by atoms with Crippen molar-refractivity contribution < 1.29 is 41.1 Å². The van der Waals surface area contributed by atoms with Crippen LogP contribution in [0, 0.1) is 11.6 Å². The van der Waals surface area contributed by atoms with Crippen LogP contribution in [0.5, 0.6) is 11.5 Å². The first-order valence-corrected chi connectivity index (χ1v) is 16.7. The fourth-order valence-corrected chi connectivity index (χ4v) is 5.97. The lowest BCUT2D eigenvalue weighted by Crippen LogP contribution is -2.57. The van der Waals surface area contributed by atoms with Gasteiger partial charge in [0.25, 0.3) is 0 Å². The molecule has 0 bridgehead atoms. The maximum absolute atomic E-state index is 14.0. The van der Waals surface area contributed by atoms with E-state index in [4.69, 9.17) is 9.47 Å². The van der Waals surface area contributed by atoms with Crippen LogP contribution in [0.1, 0.15) is 11.1 Å². The lowest BCUT2D eigenvalue weighted by molar-refractivity contribution is -0.120. The first kappa shape index (κ1) is 37.3. The first-order valence-electron chi connectivity index (χ1n) is 15.2. The van der Waals surface area contributed by atoms with E-state index in [1.54, 1.807) is 83.6 Å². The zero-order valence-electron chi connectivity index (χ0n) is 27.7. The molecule has 264 valence electrons. The first-order chi connectivity index (χ1) is 23.8. The van der Waals surface area contributed by atoms with Crippen LogP contribution in [0.3, 0.4) is 0 Å². The van der Waals surface area contributed by atoms with Gasteiger partial charge < -0.3 is 24.6 Å². The van der Waals surface area contributed by atoms with E-state index in [1.165, 1.54) is 38.1 Å². The Morgan fingerprint density at radius 1 is 0.680 bits per heavy atom. The standard InChI is InChI=1S/C35H37F2N5O7S/c1-41(27-10-14-29(48-3)15-11-27)33(43)31(21-24-18-25(36)22-26(37)19-24)38-35(45)40-50(46,47)39-32(20-23-8-6-5-7-9-23)34(44)42(2)28-12-16-30(49-4)17-13-28/h5-19,22,31-32,39H,20-21H2,1-4H3,(H2,38,40,45)/t31-,32-/m0/s1. The van der Waals surface area contributed by atoms with Crippen molar-refractivity contribution in [2.75, 3.05) is 38.1 Å². The number of carbonyl (C=O) groups excluding carboxylic acids is 3. The summed E-state index contributed by atoms with van der Waals surface area (Å²) >= 11 is 0. The molecule has 0 saturated carbocycles. The third kappa shape index (κ3) is 10.2. The monoisotopic (exact) mass is 709 g/mol. The largest absolute Gasteiger partial charge is 0.497 e. The Kier molecular flexibility index (Phi) is 12.5. The molecule has 4 amide bonds. The van der Waals surface area contributed by atoms with Gasteiger partial charge in [0.15, 0.2) is 0 Å². The van der Waals surface area contributed by atoms with Crippen LogP contribution >= 0.6 is 0 Å². The molecular weight excluding hydrogens is 672 g/mol. The Morgan fingerprint density at radius 3 is 1.62 bits per heavy atom. The highest BCUT2D eigenvalue weighted by molar-refractivity contribution is 7.88. The maximum atomic E-state index is 14.0. The highest BCUT2D eigenvalue weighted by atomic mass is 32.2. The van der Waals surface area contributed by atoms with Crippen molar-refractivity contribution in [2.45, 2.75) is 24.9 Å². The van der Waals surface area contributed by atoms with E-state index in [-0.39, 0.29) is 12.0 Å². The van der Waals surface area contributed by atoms with Crippen molar-refractivity contribution in [3.63, 3.8) is 0 Å². The number of likely N-dealkylation sites (N-methyl/N-ethyl adjacent to an activating group) is 2. The van der Waals surface area contributed by atoms with E-state index in [2.05, 4.69) is 10.0 Å². The molecule has 2 atom stereocenters. The minimum atomic E-state index is -4.75. The van der Waals surface area contributed by atoms with Crippen molar-refractivity contribution in [3.05, 3.63) is 120 Å². The summed E-state index contributed by atoms with van der Waals surface area (Å²) in [5, 5.41) is 2.31.